The van der Waals surface area contributed by atoms with Crippen molar-refractivity contribution >= 4 is 29.7 Å². The van der Waals surface area contributed by atoms with E-state index in [0.717, 1.165) is 16.8 Å². The second-order valence-electron chi connectivity index (χ2n) is 6.31. The number of rotatable bonds is 7. The Morgan fingerprint density at radius 3 is 2.21 bits per heavy atom. The van der Waals surface area contributed by atoms with Gasteiger partial charge in [-0.25, -0.2) is 0 Å². The minimum atomic E-state index is -0.264. The number of aliphatic imine (C=N–C) groups is 1. The number of carbonyl (C=O) groups is 2. The molecule has 0 bridgehead atoms. The van der Waals surface area contributed by atoms with Crippen molar-refractivity contribution in [3.63, 3.8) is 0 Å². The van der Waals surface area contributed by atoms with E-state index in [0.29, 0.717) is 17.7 Å². The lowest BCUT2D eigenvalue weighted by atomic mass is 10.1. The van der Waals surface area contributed by atoms with E-state index < -0.39 is 0 Å². The molecular formula is C25H21NO3. The maximum absolute atomic E-state index is 12.3. The number of allylic oxidation sites excluding steroid dienone is 1. The van der Waals surface area contributed by atoms with E-state index in [2.05, 4.69) is 4.99 Å². The molecule has 3 aromatic rings. The van der Waals surface area contributed by atoms with Crippen molar-refractivity contribution in [2.24, 2.45) is 4.99 Å². The highest BCUT2D eigenvalue weighted by Gasteiger charge is 2.02. The molecule has 0 amide bonds. The fraction of sp³-hybridized carbons (Fsp3) is 0.0800. The molecule has 0 N–H and O–H groups in total. The van der Waals surface area contributed by atoms with Crippen LogP contribution in [0.1, 0.15) is 34.8 Å². The summed E-state index contributed by atoms with van der Waals surface area (Å²) >= 11 is 0. The molecule has 0 saturated heterocycles. The Balaban J connectivity index is 1.60. The smallest absolute Gasteiger partial charge is 0.310 e. The molecule has 4 nitrogen and oxygen atoms in total. The highest BCUT2D eigenvalue weighted by Crippen LogP contribution is 2.16. The molecule has 3 aromatic carbocycles. The third-order valence-corrected chi connectivity index (χ3v) is 4.14. The standard InChI is InChI=1S/C25H21NO3/c1-2-25(28)29-23-15-8-20(9-16-23)18-26-22-13-11-21(12-14-22)24(27)17-10-19-6-4-3-5-7-19/h3-18H,2H2,1H3/b17-10+,26-18?. The Bertz CT molecular complexity index is 1020. The van der Waals surface area contributed by atoms with Crippen LogP contribution in [0, 0.1) is 0 Å². The van der Waals surface area contributed by atoms with Crippen LogP contribution in [-0.4, -0.2) is 18.0 Å². The van der Waals surface area contributed by atoms with Crippen LogP contribution in [0.15, 0.2) is 89.9 Å². The van der Waals surface area contributed by atoms with Gasteiger partial charge in [-0.3, -0.25) is 14.6 Å². The van der Waals surface area contributed by atoms with Crippen LogP contribution in [0.5, 0.6) is 5.75 Å². The SMILES string of the molecule is CCC(=O)Oc1ccc(C=Nc2ccc(C(=O)/C=C/c3ccccc3)cc2)cc1. The molecule has 0 fully saturated rings. The molecular weight excluding hydrogens is 362 g/mol. The predicted octanol–water partition coefficient (Wildman–Crippen LogP) is 5.65. The van der Waals surface area contributed by atoms with Gasteiger partial charge in [-0.2, -0.15) is 0 Å². The number of nitrogens with zero attached hydrogens (tertiary/aromatic N) is 1. The first kappa shape index (κ1) is 20.0. The number of hydrogen-bond acceptors (Lipinski definition) is 4. The summed E-state index contributed by atoms with van der Waals surface area (Å²) in [5.41, 5.74) is 3.22. The van der Waals surface area contributed by atoms with Gasteiger partial charge in [0.05, 0.1) is 5.69 Å². The van der Waals surface area contributed by atoms with Crippen molar-refractivity contribution in [3.8, 4) is 5.75 Å². The summed E-state index contributed by atoms with van der Waals surface area (Å²) in [5.74, 6) is 0.196. The quantitative estimate of drug-likeness (QED) is 0.174. The van der Waals surface area contributed by atoms with Crippen LogP contribution in [0.4, 0.5) is 5.69 Å². The maximum Gasteiger partial charge on any atom is 0.310 e. The predicted molar refractivity (Wildman–Crippen MR) is 116 cm³/mol. The largest absolute Gasteiger partial charge is 0.427 e. The van der Waals surface area contributed by atoms with E-state index in [1.807, 2.05) is 42.5 Å². The number of esters is 1. The van der Waals surface area contributed by atoms with Crippen LogP contribution in [-0.2, 0) is 4.79 Å². The summed E-state index contributed by atoms with van der Waals surface area (Å²) in [7, 11) is 0. The van der Waals surface area contributed by atoms with Crippen molar-refractivity contribution in [1.29, 1.82) is 0 Å². The monoisotopic (exact) mass is 383 g/mol. The van der Waals surface area contributed by atoms with Crippen LogP contribution < -0.4 is 4.74 Å². The van der Waals surface area contributed by atoms with Gasteiger partial charge in [-0.05, 0) is 65.7 Å². The lowest BCUT2D eigenvalue weighted by molar-refractivity contribution is -0.134. The molecule has 0 aliphatic carbocycles. The van der Waals surface area contributed by atoms with E-state index in [1.54, 1.807) is 61.7 Å². The maximum atomic E-state index is 12.3. The molecule has 0 atom stereocenters. The number of ether oxygens (including phenoxy) is 1. The summed E-state index contributed by atoms with van der Waals surface area (Å²) in [4.78, 5) is 28.0. The molecule has 29 heavy (non-hydrogen) atoms. The molecule has 0 unspecified atom stereocenters. The average Bonchev–Trinajstić information content (AvgIpc) is 2.78. The molecule has 144 valence electrons. The van der Waals surface area contributed by atoms with Gasteiger partial charge < -0.3 is 4.74 Å². The van der Waals surface area contributed by atoms with E-state index in [4.69, 9.17) is 4.74 Å². The number of ketones is 1. The Kier molecular flexibility index (Phi) is 6.85. The normalized spacial score (nSPS) is 11.1. The van der Waals surface area contributed by atoms with Gasteiger partial charge >= 0.3 is 5.97 Å². The first-order valence-electron chi connectivity index (χ1n) is 9.36. The van der Waals surface area contributed by atoms with E-state index in [1.165, 1.54) is 0 Å². The zero-order chi connectivity index (χ0) is 20.5. The molecule has 3 rings (SSSR count). The molecule has 0 aliphatic heterocycles. The molecule has 0 radical (unpaired) electrons. The molecule has 0 heterocycles. The van der Waals surface area contributed by atoms with Crippen LogP contribution in [0.3, 0.4) is 0 Å². The lowest BCUT2D eigenvalue weighted by Crippen LogP contribution is -2.05. The van der Waals surface area contributed by atoms with Gasteiger partial charge in [-0.15, -0.1) is 0 Å². The van der Waals surface area contributed by atoms with E-state index >= 15 is 0 Å². The van der Waals surface area contributed by atoms with Gasteiger partial charge in [0.1, 0.15) is 5.75 Å². The van der Waals surface area contributed by atoms with E-state index in [-0.39, 0.29) is 11.8 Å². The van der Waals surface area contributed by atoms with Crippen molar-refractivity contribution < 1.29 is 14.3 Å². The van der Waals surface area contributed by atoms with Gasteiger partial charge in [-0.1, -0.05) is 43.3 Å². The minimum absolute atomic E-state index is 0.0541. The Labute approximate surface area is 170 Å². The minimum Gasteiger partial charge on any atom is -0.427 e. The fourth-order valence-electron chi connectivity index (χ4n) is 2.52. The van der Waals surface area contributed by atoms with Crippen molar-refractivity contribution in [2.75, 3.05) is 0 Å². The molecule has 0 saturated carbocycles. The summed E-state index contributed by atoms with van der Waals surface area (Å²) in [6, 6.07) is 23.9. The van der Waals surface area contributed by atoms with Crippen LogP contribution in [0.25, 0.3) is 6.08 Å². The number of benzene rings is 3. The zero-order valence-corrected chi connectivity index (χ0v) is 16.1. The Hall–Kier alpha value is -3.79. The van der Waals surface area contributed by atoms with Crippen molar-refractivity contribution in [3.05, 3.63) is 102 Å². The second-order valence-corrected chi connectivity index (χ2v) is 6.31. The molecule has 4 heteroatoms. The lowest BCUT2D eigenvalue weighted by Gasteiger charge is -2.02. The van der Waals surface area contributed by atoms with Gasteiger partial charge in [0.25, 0.3) is 0 Å². The first-order valence-corrected chi connectivity index (χ1v) is 9.36. The highest BCUT2D eigenvalue weighted by atomic mass is 16.5. The highest BCUT2D eigenvalue weighted by molar-refractivity contribution is 6.07. The summed E-state index contributed by atoms with van der Waals surface area (Å²) in [6.07, 6.45) is 5.43. The number of carbonyl (C=O) groups excluding carboxylic acids is 2. The molecule has 0 spiro atoms. The fourth-order valence-corrected chi connectivity index (χ4v) is 2.52. The average molecular weight is 383 g/mol. The Morgan fingerprint density at radius 1 is 0.862 bits per heavy atom. The zero-order valence-electron chi connectivity index (χ0n) is 16.1. The van der Waals surface area contributed by atoms with Gasteiger partial charge in [0, 0.05) is 18.2 Å². The summed E-state index contributed by atoms with van der Waals surface area (Å²) in [6.45, 7) is 1.75. The first-order chi connectivity index (χ1) is 14.1. The summed E-state index contributed by atoms with van der Waals surface area (Å²) < 4.78 is 5.14. The van der Waals surface area contributed by atoms with E-state index in [9.17, 15) is 9.59 Å². The van der Waals surface area contributed by atoms with Crippen molar-refractivity contribution in [2.45, 2.75) is 13.3 Å². The summed E-state index contributed by atoms with van der Waals surface area (Å²) in [5, 5.41) is 0. The number of hydrogen-bond donors (Lipinski definition) is 0. The van der Waals surface area contributed by atoms with Crippen molar-refractivity contribution in [1.82, 2.24) is 0 Å². The van der Waals surface area contributed by atoms with Gasteiger partial charge in [0.15, 0.2) is 5.78 Å². The molecule has 0 aliphatic rings. The second kappa shape index (κ2) is 9.95. The van der Waals surface area contributed by atoms with Crippen LogP contribution in [0.2, 0.25) is 0 Å². The molecule has 0 aromatic heterocycles. The van der Waals surface area contributed by atoms with Crippen LogP contribution >= 0.6 is 0 Å². The third-order valence-electron chi connectivity index (χ3n) is 4.14. The van der Waals surface area contributed by atoms with Gasteiger partial charge in [0.2, 0.25) is 0 Å². The third kappa shape index (κ3) is 6.11. The Morgan fingerprint density at radius 2 is 1.55 bits per heavy atom. The topological polar surface area (TPSA) is 55.7 Å².